The van der Waals surface area contributed by atoms with Gasteiger partial charge in [-0.15, -0.1) is 0 Å². The number of aromatic nitrogens is 1. The van der Waals surface area contributed by atoms with E-state index in [0.29, 0.717) is 16.5 Å². The molecule has 0 aliphatic heterocycles. The summed E-state index contributed by atoms with van der Waals surface area (Å²) in [5, 5.41) is 0.431. The van der Waals surface area contributed by atoms with Crippen LogP contribution in [0, 0.1) is 12.7 Å². The Morgan fingerprint density at radius 1 is 1.47 bits per heavy atom. The number of nitrogens with zero attached hydrogens (tertiary/aromatic N) is 1. The second kappa shape index (κ2) is 3.55. The number of hydrogen-bond donors (Lipinski definition) is 1. The Balaban J connectivity index is 2.62. The molecule has 0 radical (unpaired) electrons. The fourth-order valence-corrected chi connectivity index (χ4v) is 1.51. The van der Waals surface area contributed by atoms with E-state index in [4.69, 9.17) is 21.8 Å². The van der Waals surface area contributed by atoms with E-state index in [1.807, 2.05) is 0 Å². The number of anilines is 1. The average Bonchev–Trinajstić information content (AvgIpc) is 2.50. The molecule has 1 aromatic heterocycles. The van der Waals surface area contributed by atoms with Gasteiger partial charge >= 0.3 is 0 Å². The minimum atomic E-state index is -0.418. The van der Waals surface area contributed by atoms with Crippen LogP contribution in [0.25, 0.3) is 11.3 Å². The lowest BCUT2D eigenvalue weighted by atomic mass is 10.1. The molecule has 78 valence electrons. The molecule has 2 N–H and O–H groups in total. The maximum Gasteiger partial charge on any atom is 0.292 e. The Hall–Kier alpha value is -1.55. The van der Waals surface area contributed by atoms with Crippen molar-refractivity contribution in [3.63, 3.8) is 0 Å². The molecule has 1 heterocycles. The third-order valence-corrected chi connectivity index (χ3v) is 2.22. The first kappa shape index (κ1) is 9.98. The smallest absolute Gasteiger partial charge is 0.292 e. The van der Waals surface area contributed by atoms with Crippen molar-refractivity contribution in [2.45, 2.75) is 6.92 Å². The number of aryl methyl sites for hydroxylation is 1. The van der Waals surface area contributed by atoms with Gasteiger partial charge in [0.1, 0.15) is 5.82 Å². The van der Waals surface area contributed by atoms with Gasteiger partial charge in [-0.2, -0.15) is 4.98 Å². The van der Waals surface area contributed by atoms with E-state index in [2.05, 4.69) is 4.98 Å². The first-order valence-electron chi connectivity index (χ1n) is 4.26. The Morgan fingerprint density at radius 3 is 2.80 bits per heavy atom. The zero-order valence-corrected chi connectivity index (χ0v) is 8.68. The van der Waals surface area contributed by atoms with Crippen molar-refractivity contribution in [1.29, 1.82) is 0 Å². The van der Waals surface area contributed by atoms with Crippen molar-refractivity contribution >= 4 is 17.6 Å². The van der Waals surface area contributed by atoms with Crippen LogP contribution in [0.4, 0.5) is 10.4 Å². The number of nitrogens with two attached hydrogens (primary N) is 1. The Morgan fingerprint density at radius 2 is 2.20 bits per heavy atom. The lowest BCUT2D eigenvalue weighted by Crippen LogP contribution is -1.84. The molecule has 0 aliphatic carbocycles. The van der Waals surface area contributed by atoms with E-state index < -0.39 is 5.82 Å². The first-order chi connectivity index (χ1) is 7.08. The molecule has 0 spiro atoms. The van der Waals surface area contributed by atoms with Crippen molar-refractivity contribution in [3.05, 3.63) is 34.7 Å². The Bertz CT molecular complexity index is 510. The Labute approximate surface area is 90.7 Å². The Kier molecular flexibility index (Phi) is 2.36. The number of oxazole rings is 1. The van der Waals surface area contributed by atoms with Gasteiger partial charge in [0.25, 0.3) is 6.01 Å². The molecule has 0 atom stereocenters. The number of halogens is 2. The maximum absolute atomic E-state index is 13.5. The van der Waals surface area contributed by atoms with Crippen LogP contribution in [0.2, 0.25) is 5.02 Å². The van der Waals surface area contributed by atoms with Crippen molar-refractivity contribution in [1.82, 2.24) is 4.98 Å². The van der Waals surface area contributed by atoms with E-state index in [9.17, 15) is 4.39 Å². The van der Waals surface area contributed by atoms with Crippen LogP contribution in [0.3, 0.4) is 0 Å². The van der Waals surface area contributed by atoms with Gasteiger partial charge in [-0.3, -0.25) is 0 Å². The van der Waals surface area contributed by atoms with E-state index in [-0.39, 0.29) is 11.6 Å². The summed E-state index contributed by atoms with van der Waals surface area (Å²) >= 11 is 5.77. The molecule has 0 bridgehead atoms. The molecule has 15 heavy (non-hydrogen) atoms. The summed E-state index contributed by atoms with van der Waals surface area (Å²) in [5.41, 5.74) is 6.18. The summed E-state index contributed by atoms with van der Waals surface area (Å²) in [6.07, 6.45) is 0. The zero-order chi connectivity index (χ0) is 11.0. The van der Waals surface area contributed by atoms with Crippen LogP contribution in [0.1, 0.15) is 5.69 Å². The van der Waals surface area contributed by atoms with Crippen molar-refractivity contribution < 1.29 is 8.81 Å². The molecule has 0 saturated carbocycles. The first-order valence-corrected chi connectivity index (χ1v) is 4.64. The van der Waals surface area contributed by atoms with Gasteiger partial charge in [-0.05, 0) is 25.1 Å². The fourth-order valence-electron chi connectivity index (χ4n) is 1.34. The monoisotopic (exact) mass is 226 g/mol. The SMILES string of the molecule is Cc1nc(N)oc1-c1cc(Cl)ccc1F. The average molecular weight is 227 g/mol. The minimum Gasteiger partial charge on any atom is -0.423 e. The van der Waals surface area contributed by atoms with E-state index in [1.165, 1.54) is 18.2 Å². The van der Waals surface area contributed by atoms with Gasteiger partial charge in [0.2, 0.25) is 0 Å². The summed E-state index contributed by atoms with van der Waals surface area (Å²) in [6.45, 7) is 1.69. The molecule has 0 unspecified atom stereocenters. The quantitative estimate of drug-likeness (QED) is 0.813. The van der Waals surface area contributed by atoms with Gasteiger partial charge in [-0.25, -0.2) is 4.39 Å². The summed E-state index contributed by atoms with van der Waals surface area (Å²) < 4.78 is 18.6. The second-order valence-electron chi connectivity index (χ2n) is 3.09. The molecule has 0 fully saturated rings. The summed E-state index contributed by atoms with van der Waals surface area (Å²) in [5.74, 6) is -0.105. The highest BCUT2D eigenvalue weighted by molar-refractivity contribution is 6.30. The highest BCUT2D eigenvalue weighted by Crippen LogP contribution is 2.29. The third-order valence-electron chi connectivity index (χ3n) is 1.99. The molecular formula is C10H8ClFN2O. The topological polar surface area (TPSA) is 52.0 Å². The van der Waals surface area contributed by atoms with Gasteiger partial charge < -0.3 is 10.2 Å². The van der Waals surface area contributed by atoms with E-state index in [1.54, 1.807) is 6.92 Å². The normalized spacial score (nSPS) is 10.6. The van der Waals surface area contributed by atoms with Gasteiger partial charge in [-0.1, -0.05) is 11.6 Å². The predicted molar refractivity (Wildman–Crippen MR) is 56.1 cm³/mol. The number of benzene rings is 1. The standard InChI is InChI=1S/C10H8ClFN2O/c1-5-9(15-10(13)14-5)7-4-6(11)2-3-8(7)12/h2-4H,1H3,(H2,13,14). The van der Waals surface area contributed by atoms with Crippen LogP contribution < -0.4 is 5.73 Å². The van der Waals surface area contributed by atoms with Gasteiger partial charge in [0.15, 0.2) is 5.76 Å². The van der Waals surface area contributed by atoms with Crippen LogP contribution in [0.15, 0.2) is 22.6 Å². The fraction of sp³-hybridized carbons (Fsp3) is 0.100. The van der Waals surface area contributed by atoms with Crippen LogP contribution in [-0.4, -0.2) is 4.98 Å². The molecule has 5 heteroatoms. The van der Waals surface area contributed by atoms with E-state index >= 15 is 0 Å². The van der Waals surface area contributed by atoms with Gasteiger partial charge in [0.05, 0.1) is 11.3 Å². The third kappa shape index (κ3) is 1.80. The molecule has 0 saturated heterocycles. The lowest BCUT2D eigenvalue weighted by molar-refractivity contribution is 0.579. The predicted octanol–water partition coefficient (Wildman–Crippen LogP) is 3.02. The minimum absolute atomic E-state index is 0.0156. The number of rotatable bonds is 1. The number of hydrogen-bond acceptors (Lipinski definition) is 3. The highest BCUT2D eigenvalue weighted by atomic mass is 35.5. The largest absolute Gasteiger partial charge is 0.423 e. The molecule has 2 aromatic rings. The van der Waals surface area contributed by atoms with E-state index in [0.717, 1.165) is 0 Å². The van der Waals surface area contributed by atoms with Crippen molar-refractivity contribution in [2.24, 2.45) is 0 Å². The molecule has 0 aliphatic rings. The molecule has 1 aromatic carbocycles. The summed E-state index contributed by atoms with van der Waals surface area (Å²) in [7, 11) is 0. The number of nitrogen functional groups attached to an aromatic ring is 1. The van der Waals surface area contributed by atoms with Gasteiger partial charge in [0, 0.05) is 5.02 Å². The maximum atomic E-state index is 13.5. The summed E-state index contributed by atoms with van der Waals surface area (Å²) in [4.78, 5) is 3.86. The second-order valence-corrected chi connectivity index (χ2v) is 3.53. The van der Waals surface area contributed by atoms with Crippen molar-refractivity contribution in [2.75, 3.05) is 5.73 Å². The highest BCUT2D eigenvalue weighted by Gasteiger charge is 2.14. The lowest BCUT2D eigenvalue weighted by Gasteiger charge is -2.00. The molecular weight excluding hydrogens is 219 g/mol. The molecule has 0 amide bonds. The summed E-state index contributed by atoms with van der Waals surface area (Å²) in [6, 6.07) is 4.23. The molecule has 3 nitrogen and oxygen atoms in total. The van der Waals surface area contributed by atoms with Crippen LogP contribution in [-0.2, 0) is 0 Å². The molecule has 2 rings (SSSR count). The van der Waals surface area contributed by atoms with Crippen LogP contribution in [0.5, 0.6) is 0 Å². The zero-order valence-electron chi connectivity index (χ0n) is 7.92. The van der Waals surface area contributed by atoms with Crippen molar-refractivity contribution in [3.8, 4) is 11.3 Å². The van der Waals surface area contributed by atoms with Crippen LogP contribution >= 0.6 is 11.6 Å².